The molecule has 0 aromatic carbocycles. The highest BCUT2D eigenvalue weighted by Crippen LogP contribution is 2.29. The molecule has 0 saturated carbocycles. The Morgan fingerprint density at radius 3 is 2.95 bits per heavy atom. The Hall–Kier alpha value is -1.83. The van der Waals surface area contributed by atoms with Crippen molar-refractivity contribution < 1.29 is 18.3 Å². The summed E-state index contributed by atoms with van der Waals surface area (Å²) in [5, 5.41) is 0. The maximum atomic E-state index is 13.1. The minimum Gasteiger partial charge on any atom is -0.363 e. The van der Waals surface area contributed by atoms with Gasteiger partial charge < -0.3 is 15.4 Å². The Morgan fingerprint density at radius 2 is 2.35 bits per heavy atom. The van der Waals surface area contributed by atoms with Crippen LogP contribution in [-0.2, 0) is 4.74 Å². The third-order valence-corrected chi connectivity index (χ3v) is 3.10. The molecular weight excluding hydrogens is 270 g/mol. The molecular formula is C12H16F2N4O2. The number of amides is 1. The van der Waals surface area contributed by atoms with Gasteiger partial charge in [-0.05, 0) is 19.9 Å². The van der Waals surface area contributed by atoms with Crippen LogP contribution >= 0.6 is 0 Å². The number of aromatic nitrogens is 2. The zero-order valence-electron chi connectivity index (χ0n) is 11.2. The molecule has 0 radical (unpaired) electrons. The molecule has 1 fully saturated rings. The maximum absolute atomic E-state index is 13.1. The van der Waals surface area contributed by atoms with Gasteiger partial charge in [0.1, 0.15) is 11.4 Å². The summed E-state index contributed by atoms with van der Waals surface area (Å²) >= 11 is 0. The fourth-order valence-electron chi connectivity index (χ4n) is 2.23. The number of nitrogens with zero attached hydrogens (tertiary/aromatic N) is 3. The van der Waals surface area contributed by atoms with Crippen molar-refractivity contribution in [2.75, 3.05) is 18.0 Å². The fraction of sp³-hybridized carbons (Fsp3) is 0.583. The molecule has 110 valence electrons. The van der Waals surface area contributed by atoms with Gasteiger partial charge in [0, 0.05) is 12.7 Å². The third kappa shape index (κ3) is 2.84. The molecule has 0 spiro atoms. The SMILES string of the molecule is CC1CN(c2ccnc(C(N)=O)n2)CC(C)(C(F)F)O1. The van der Waals surface area contributed by atoms with Crippen LogP contribution in [0.1, 0.15) is 24.5 Å². The van der Waals surface area contributed by atoms with Gasteiger partial charge in [0.15, 0.2) is 0 Å². The van der Waals surface area contributed by atoms with E-state index in [9.17, 15) is 13.6 Å². The Balaban J connectivity index is 2.28. The van der Waals surface area contributed by atoms with Crippen molar-refractivity contribution in [1.29, 1.82) is 0 Å². The Kier molecular flexibility index (Phi) is 3.85. The molecule has 1 aliphatic rings. The summed E-state index contributed by atoms with van der Waals surface area (Å²) in [5.74, 6) is -0.513. The van der Waals surface area contributed by atoms with Gasteiger partial charge >= 0.3 is 0 Å². The lowest BCUT2D eigenvalue weighted by atomic mass is 10.0. The maximum Gasteiger partial charge on any atom is 0.286 e. The van der Waals surface area contributed by atoms with Gasteiger partial charge in [-0.3, -0.25) is 4.79 Å². The average molecular weight is 286 g/mol. The zero-order valence-corrected chi connectivity index (χ0v) is 11.2. The number of carbonyl (C=O) groups is 1. The number of morpholine rings is 1. The number of nitrogens with two attached hydrogens (primary N) is 1. The fourth-order valence-corrected chi connectivity index (χ4v) is 2.23. The van der Waals surface area contributed by atoms with E-state index in [-0.39, 0.29) is 18.5 Å². The van der Waals surface area contributed by atoms with Gasteiger partial charge in [-0.1, -0.05) is 0 Å². The Morgan fingerprint density at radius 1 is 1.65 bits per heavy atom. The number of primary amides is 1. The summed E-state index contributed by atoms with van der Waals surface area (Å²) in [6.45, 7) is 3.45. The van der Waals surface area contributed by atoms with Crippen LogP contribution in [-0.4, -0.2) is 47.1 Å². The highest BCUT2D eigenvalue weighted by atomic mass is 19.3. The summed E-state index contributed by atoms with van der Waals surface area (Å²) in [6.07, 6.45) is -1.62. The van der Waals surface area contributed by atoms with Crippen molar-refractivity contribution in [1.82, 2.24) is 9.97 Å². The lowest BCUT2D eigenvalue weighted by Crippen LogP contribution is -2.57. The van der Waals surface area contributed by atoms with Gasteiger partial charge in [0.2, 0.25) is 5.82 Å². The average Bonchev–Trinajstić information content (AvgIpc) is 2.37. The predicted molar refractivity (Wildman–Crippen MR) is 67.7 cm³/mol. The van der Waals surface area contributed by atoms with Crippen molar-refractivity contribution in [3.05, 3.63) is 18.1 Å². The molecule has 2 unspecified atom stereocenters. The van der Waals surface area contributed by atoms with Crippen molar-refractivity contribution in [3.8, 4) is 0 Å². The van der Waals surface area contributed by atoms with E-state index >= 15 is 0 Å². The lowest BCUT2D eigenvalue weighted by Gasteiger charge is -2.43. The van der Waals surface area contributed by atoms with Crippen LogP contribution in [0.4, 0.5) is 14.6 Å². The molecule has 1 aromatic rings. The van der Waals surface area contributed by atoms with Crippen molar-refractivity contribution in [2.45, 2.75) is 32.0 Å². The van der Waals surface area contributed by atoms with Crippen LogP contribution in [0.3, 0.4) is 0 Å². The molecule has 8 heteroatoms. The summed E-state index contributed by atoms with van der Waals surface area (Å²) in [6, 6.07) is 1.55. The second kappa shape index (κ2) is 5.28. The van der Waals surface area contributed by atoms with Crippen LogP contribution in [0.5, 0.6) is 0 Å². The number of ether oxygens (including phenoxy) is 1. The summed E-state index contributed by atoms with van der Waals surface area (Å²) in [4.78, 5) is 20.4. The molecule has 6 nitrogen and oxygen atoms in total. The molecule has 20 heavy (non-hydrogen) atoms. The first-order chi connectivity index (χ1) is 9.32. The van der Waals surface area contributed by atoms with E-state index in [0.717, 1.165) is 0 Å². The Bertz CT molecular complexity index is 514. The standard InChI is InChI=1S/C12H16F2N4O2/c1-7-5-18(6-12(2,20-7)11(13)14)8-3-4-16-10(17-8)9(15)19/h3-4,7,11H,5-6H2,1-2H3,(H2,15,19). The number of hydrogen-bond acceptors (Lipinski definition) is 5. The first-order valence-corrected chi connectivity index (χ1v) is 6.15. The summed E-state index contributed by atoms with van der Waals surface area (Å²) in [5.41, 5.74) is 3.54. The molecule has 1 aromatic heterocycles. The molecule has 2 heterocycles. The zero-order chi connectivity index (χ0) is 14.9. The minimum atomic E-state index is -2.62. The van der Waals surface area contributed by atoms with Crippen LogP contribution in [0, 0.1) is 0 Å². The third-order valence-electron chi connectivity index (χ3n) is 3.10. The number of anilines is 1. The van der Waals surface area contributed by atoms with E-state index < -0.39 is 17.9 Å². The topological polar surface area (TPSA) is 81.3 Å². The largest absolute Gasteiger partial charge is 0.363 e. The van der Waals surface area contributed by atoms with E-state index in [1.54, 1.807) is 17.9 Å². The van der Waals surface area contributed by atoms with Gasteiger partial charge in [-0.25, -0.2) is 18.7 Å². The van der Waals surface area contributed by atoms with Gasteiger partial charge in [-0.2, -0.15) is 0 Å². The smallest absolute Gasteiger partial charge is 0.286 e. The van der Waals surface area contributed by atoms with E-state index in [0.29, 0.717) is 12.4 Å². The van der Waals surface area contributed by atoms with Crippen LogP contribution < -0.4 is 10.6 Å². The minimum absolute atomic E-state index is 0.0236. The number of alkyl halides is 2. The Labute approximate surface area is 114 Å². The second-order valence-corrected chi connectivity index (χ2v) is 5.03. The molecule has 1 saturated heterocycles. The summed E-state index contributed by atoms with van der Waals surface area (Å²) in [7, 11) is 0. The van der Waals surface area contributed by atoms with Crippen LogP contribution in [0.2, 0.25) is 0 Å². The lowest BCUT2D eigenvalue weighted by molar-refractivity contribution is -0.162. The second-order valence-electron chi connectivity index (χ2n) is 5.03. The first-order valence-electron chi connectivity index (χ1n) is 6.15. The number of halogens is 2. The van der Waals surface area contributed by atoms with Crippen molar-refractivity contribution in [2.24, 2.45) is 5.73 Å². The predicted octanol–water partition coefficient (Wildman–Crippen LogP) is 0.824. The van der Waals surface area contributed by atoms with Gasteiger partial charge in [-0.15, -0.1) is 0 Å². The highest BCUT2D eigenvalue weighted by Gasteiger charge is 2.43. The summed E-state index contributed by atoms with van der Waals surface area (Å²) < 4.78 is 31.6. The molecule has 1 amide bonds. The van der Waals surface area contributed by atoms with E-state index in [2.05, 4.69) is 9.97 Å². The molecule has 2 rings (SSSR count). The number of rotatable bonds is 3. The van der Waals surface area contributed by atoms with Crippen LogP contribution in [0.15, 0.2) is 12.3 Å². The van der Waals surface area contributed by atoms with Crippen LogP contribution in [0.25, 0.3) is 0 Å². The highest BCUT2D eigenvalue weighted by molar-refractivity contribution is 5.89. The molecule has 1 aliphatic heterocycles. The quantitative estimate of drug-likeness (QED) is 0.890. The van der Waals surface area contributed by atoms with Crippen molar-refractivity contribution >= 4 is 11.7 Å². The number of hydrogen-bond donors (Lipinski definition) is 1. The molecule has 2 N–H and O–H groups in total. The normalized spacial score (nSPS) is 26.9. The van der Waals surface area contributed by atoms with E-state index in [4.69, 9.17) is 10.5 Å². The van der Waals surface area contributed by atoms with Gasteiger partial charge in [0.25, 0.3) is 12.3 Å². The molecule has 0 aliphatic carbocycles. The van der Waals surface area contributed by atoms with Crippen molar-refractivity contribution in [3.63, 3.8) is 0 Å². The molecule has 0 bridgehead atoms. The monoisotopic (exact) mass is 286 g/mol. The first kappa shape index (κ1) is 14.6. The van der Waals surface area contributed by atoms with E-state index in [1.807, 2.05) is 0 Å². The molecule has 2 atom stereocenters. The van der Waals surface area contributed by atoms with E-state index in [1.165, 1.54) is 13.1 Å². The number of carbonyl (C=O) groups excluding carboxylic acids is 1. The van der Waals surface area contributed by atoms with Gasteiger partial charge in [0.05, 0.1) is 12.6 Å².